The first-order valence-corrected chi connectivity index (χ1v) is 13.0. The fourth-order valence-corrected chi connectivity index (χ4v) is 4.93. The highest BCUT2D eigenvalue weighted by Crippen LogP contribution is 2.31. The predicted octanol–water partition coefficient (Wildman–Crippen LogP) is 7.41. The average molecular weight is 493 g/mol. The molecule has 0 bridgehead atoms. The maximum absolute atomic E-state index is 12.9. The van der Waals surface area contributed by atoms with Crippen molar-refractivity contribution < 1.29 is 24.2 Å². The lowest BCUT2D eigenvalue weighted by Gasteiger charge is -2.24. The van der Waals surface area contributed by atoms with Gasteiger partial charge in [-0.2, -0.15) is 0 Å². The molecule has 1 saturated carbocycles. The van der Waals surface area contributed by atoms with E-state index >= 15 is 0 Å². The van der Waals surface area contributed by atoms with Crippen LogP contribution in [-0.4, -0.2) is 29.1 Å². The lowest BCUT2D eigenvalue weighted by atomic mass is 9.87. The SMILES string of the molecule is Cc1cc(C(=O)C=Cc2cc(C)c(OC(C)(C)C(=O)O)c(C)c2)cc(C)c1OCCC1CCCCC1. The molecule has 0 atom stereocenters. The van der Waals surface area contributed by atoms with Crippen LogP contribution in [0, 0.1) is 33.6 Å². The Labute approximate surface area is 215 Å². The zero-order valence-corrected chi connectivity index (χ0v) is 22.6. The van der Waals surface area contributed by atoms with Gasteiger partial charge in [-0.3, -0.25) is 4.79 Å². The Morgan fingerprint density at radius 1 is 0.917 bits per heavy atom. The molecule has 3 rings (SSSR count). The van der Waals surface area contributed by atoms with Crippen molar-refractivity contribution in [2.45, 2.75) is 85.7 Å². The zero-order chi connectivity index (χ0) is 26.5. The summed E-state index contributed by atoms with van der Waals surface area (Å²) in [6, 6.07) is 7.58. The van der Waals surface area contributed by atoms with E-state index in [4.69, 9.17) is 9.47 Å². The normalized spacial score (nSPS) is 14.7. The van der Waals surface area contributed by atoms with Crippen LogP contribution in [0.2, 0.25) is 0 Å². The highest BCUT2D eigenvalue weighted by Gasteiger charge is 2.30. The molecule has 0 spiro atoms. The van der Waals surface area contributed by atoms with Crippen molar-refractivity contribution in [3.63, 3.8) is 0 Å². The summed E-state index contributed by atoms with van der Waals surface area (Å²) in [5.41, 5.74) is 3.75. The second kappa shape index (κ2) is 11.8. The lowest BCUT2D eigenvalue weighted by Crippen LogP contribution is -2.38. The van der Waals surface area contributed by atoms with Gasteiger partial charge in [0.25, 0.3) is 0 Å². The van der Waals surface area contributed by atoms with E-state index in [1.807, 2.05) is 52.0 Å². The van der Waals surface area contributed by atoms with Crippen LogP contribution in [-0.2, 0) is 4.79 Å². The first kappa shape index (κ1) is 27.5. The van der Waals surface area contributed by atoms with Gasteiger partial charge in [0.2, 0.25) is 0 Å². The van der Waals surface area contributed by atoms with E-state index < -0.39 is 11.6 Å². The largest absolute Gasteiger partial charge is 0.493 e. The summed E-state index contributed by atoms with van der Waals surface area (Å²) >= 11 is 0. The summed E-state index contributed by atoms with van der Waals surface area (Å²) in [7, 11) is 0. The van der Waals surface area contributed by atoms with E-state index in [0.717, 1.165) is 52.5 Å². The first-order valence-electron chi connectivity index (χ1n) is 13.0. The van der Waals surface area contributed by atoms with Crippen molar-refractivity contribution in [3.05, 3.63) is 63.7 Å². The molecule has 0 aliphatic heterocycles. The zero-order valence-electron chi connectivity index (χ0n) is 22.6. The maximum Gasteiger partial charge on any atom is 0.347 e. The molecule has 194 valence electrons. The molecule has 36 heavy (non-hydrogen) atoms. The number of hydrogen-bond acceptors (Lipinski definition) is 4. The Morgan fingerprint density at radius 2 is 1.47 bits per heavy atom. The molecule has 5 nitrogen and oxygen atoms in total. The quantitative estimate of drug-likeness (QED) is 0.276. The van der Waals surface area contributed by atoms with Gasteiger partial charge < -0.3 is 14.6 Å². The van der Waals surface area contributed by atoms with Crippen LogP contribution < -0.4 is 9.47 Å². The van der Waals surface area contributed by atoms with Crippen molar-refractivity contribution in [2.24, 2.45) is 5.92 Å². The molecule has 1 aliphatic rings. The average Bonchev–Trinajstić information content (AvgIpc) is 2.82. The first-order chi connectivity index (χ1) is 17.0. The van der Waals surface area contributed by atoms with Crippen molar-refractivity contribution in [1.29, 1.82) is 0 Å². The van der Waals surface area contributed by atoms with Gasteiger partial charge in [0.15, 0.2) is 11.4 Å². The fourth-order valence-electron chi connectivity index (χ4n) is 4.93. The third-order valence-electron chi connectivity index (χ3n) is 7.02. The van der Waals surface area contributed by atoms with E-state index in [1.54, 1.807) is 12.2 Å². The molecular weight excluding hydrogens is 452 g/mol. The summed E-state index contributed by atoms with van der Waals surface area (Å²) < 4.78 is 11.9. The third-order valence-corrected chi connectivity index (χ3v) is 7.02. The van der Waals surface area contributed by atoms with Gasteiger partial charge in [0.05, 0.1) is 6.61 Å². The van der Waals surface area contributed by atoms with Gasteiger partial charge in [-0.25, -0.2) is 4.79 Å². The summed E-state index contributed by atoms with van der Waals surface area (Å²) in [6.45, 7) is 11.5. The molecule has 0 unspecified atom stereocenters. The van der Waals surface area contributed by atoms with Crippen LogP contribution in [0.4, 0.5) is 0 Å². The standard InChI is InChI=1S/C31H40O5/c1-20-16-25(17-21(2)29(20)36-31(5,6)30(33)34)12-13-27(32)26-18-22(3)28(23(4)19-26)35-15-14-24-10-8-7-9-11-24/h12-13,16-19,24H,7-11,14-15H2,1-6H3,(H,33,34). The summed E-state index contributed by atoms with van der Waals surface area (Å²) in [5, 5.41) is 9.36. The van der Waals surface area contributed by atoms with Crippen LogP contribution in [0.3, 0.4) is 0 Å². The minimum atomic E-state index is -1.33. The highest BCUT2D eigenvalue weighted by molar-refractivity contribution is 6.07. The number of ether oxygens (including phenoxy) is 2. The Bertz CT molecular complexity index is 1090. The minimum Gasteiger partial charge on any atom is -0.493 e. The Hall–Kier alpha value is -3.08. The van der Waals surface area contributed by atoms with Gasteiger partial charge in [-0.05, 0) is 112 Å². The van der Waals surface area contributed by atoms with E-state index in [9.17, 15) is 14.7 Å². The van der Waals surface area contributed by atoms with Gasteiger partial charge >= 0.3 is 5.97 Å². The van der Waals surface area contributed by atoms with Crippen LogP contribution in [0.25, 0.3) is 6.08 Å². The number of rotatable bonds is 10. The molecule has 1 aliphatic carbocycles. The number of allylic oxidation sites excluding steroid dienone is 1. The number of carboxylic acid groups (broad SMARTS) is 1. The van der Waals surface area contributed by atoms with E-state index in [-0.39, 0.29) is 5.78 Å². The number of aryl methyl sites for hydroxylation is 4. The molecule has 2 aromatic carbocycles. The topological polar surface area (TPSA) is 72.8 Å². The van der Waals surface area contributed by atoms with Gasteiger partial charge in [0.1, 0.15) is 11.5 Å². The van der Waals surface area contributed by atoms with Crippen molar-refractivity contribution >= 4 is 17.8 Å². The monoisotopic (exact) mass is 492 g/mol. The Kier molecular flexibility index (Phi) is 8.99. The maximum atomic E-state index is 12.9. The second-order valence-electron chi connectivity index (χ2n) is 10.7. The van der Waals surface area contributed by atoms with E-state index in [2.05, 4.69) is 0 Å². The predicted molar refractivity (Wildman–Crippen MR) is 144 cm³/mol. The molecular formula is C31H40O5. The van der Waals surface area contributed by atoms with Crippen molar-refractivity contribution in [1.82, 2.24) is 0 Å². The Morgan fingerprint density at radius 3 is 2.03 bits per heavy atom. The summed E-state index contributed by atoms with van der Waals surface area (Å²) in [6.07, 6.45) is 11.1. The third kappa shape index (κ3) is 6.99. The highest BCUT2D eigenvalue weighted by atomic mass is 16.5. The number of hydrogen-bond donors (Lipinski definition) is 1. The summed E-state index contributed by atoms with van der Waals surface area (Å²) in [5.74, 6) is 1.12. The van der Waals surface area contributed by atoms with Crippen LogP contribution in [0.1, 0.15) is 90.5 Å². The Balaban J connectivity index is 1.67. The second-order valence-corrected chi connectivity index (χ2v) is 10.7. The van der Waals surface area contributed by atoms with Crippen molar-refractivity contribution in [2.75, 3.05) is 6.61 Å². The number of carboxylic acids is 1. The molecule has 0 aromatic heterocycles. The molecule has 0 radical (unpaired) electrons. The van der Waals surface area contributed by atoms with Gasteiger partial charge in [0, 0.05) is 5.56 Å². The van der Waals surface area contributed by atoms with Gasteiger partial charge in [-0.1, -0.05) is 38.2 Å². The number of aliphatic carboxylic acids is 1. The fraction of sp³-hybridized carbons (Fsp3) is 0.484. The number of benzene rings is 2. The van der Waals surface area contributed by atoms with E-state index in [1.165, 1.54) is 46.0 Å². The molecule has 0 amide bonds. The van der Waals surface area contributed by atoms with Crippen LogP contribution in [0.15, 0.2) is 30.3 Å². The van der Waals surface area contributed by atoms with Crippen LogP contribution >= 0.6 is 0 Å². The number of ketones is 1. The van der Waals surface area contributed by atoms with Crippen molar-refractivity contribution in [3.8, 4) is 11.5 Å². The minimum absolute atomic E-state index is 0.0717. The smallest absolute Gasteiger partial charge is 0.347 e. The molecule has 0 saturated heterocycles. The van der Waals surface area contributed by atoms with E-state index in [0.29, 0.717) is 11.3 Å². The molecule has 5 heteroatoms. The molecule has 1 N–H and O–H groups in total. The van der Waals surface area contributed by atoms with Gasteiger partial charge in [-0.15, -0.1) is 0 Å². The molecule has 1 fully saturated rings. The van der Waals surface area contributed by atoms with Crippen LogP contribution in [0.5, 0.6) is 11.5 Å². The molecule has 2 aromatic rings. The lowest BCUT2D eigenvalue weighted by molar-refractivity contribution is -0.152. The summed E-state index contributed by atoms with van der Waals surface area (Å²) in [4.78, 5) is 24.4. The molecule has 0 heterocycles. The number of carbonyl (C=O) groups excluding carboxylic acids is 1. The number of carbonyl (C=O) groups is 2.